The highest BCUT2D eigenvalue weighted by Gasteiger charge is 2.30. The van der Waals surface area contributed by atoms with Crippen molar-refractivity contribution in [1.29, 1.82) is 0 Å². The number of hydrogen-bond donors (Lipinski definition) is 3. The molecule has 1 aliphatic rings. The Labute approximate surface area is 162 Å². The summed E-state index contributed by atoms with van der Waals surface area (Å²) in [5, 5.41) is 14.7. The van der Waals surface area contributed by atoms with Crippen LogP contribution in [0.2, 0.25) is 0 Å². The number of aliphatic carboxylic acids is 1. The Morgan fingerprint density at radius 2 is 1.63 bits per heavy atom. The number of carboxylic acid groups (broad SMARTS) is 1. The Morgan fingerprint density at radius 3 is 2.11 bits per heavy atom. The molecule has 0 saturated heterocycles. The summed E-state index contributed by atoms with van der Waals surface area (Å²) in [6.07, 6.45) is 5.58. The van der Waals surface area contributed by atoms with E-state index in [2.05, 4.69) is 10.6 Å². The second-order valence-corrected chi connectivity index (χ2v) is 8.97. The zero-order valence-corrected chi connectivity index (χ0v) is 17.3. The minimum Gasteiger partial charge on any atom is -0.480 e. The smallest absolute Gasteiger partial charge is 0.408 e. The summed E-state index contributed by atoms with van der Waals surface area (Å²) in [4.78, 5) is 36.4. The zero-order chi connectivity index (χ0) is 20.6. The average Bonchev–Trinajstić information content (AvgIpc) is 2.52. The minimum absolute atomic E-state index is 0.150. The number of ether oxygens (including phenoxy) is 1. The van der Waals surface area contributed by atoms with Crippen LogP contribution in [0.15, 0.2) is 0 Å². The van der Waals surface area contributed by atoms with Crippen molar-refractivity contribution < 1.29 is 24.2 Å². The van der Waals surface area contributed by atoms with Crippen molar-refractivity contribution in [3.8, 4) is 0 Å². The molecule has 7 heteroatoms. The predicted molar refractivity (Wildman–Crippen MR) is 103 cm³/mol. The first-order valence-corrected chi connectivity index (χ1v) is 10.0. The van der Waals surface area contributed by atoms with Gasteiger partial charge in [0.25, 0.3) is 0 Å². The van der Waals surface area contributed by atoms with Crippen LogP contribution in [0.25, 0.3) is 0 Å². The van der Waals surface area contributed by atoms with Crippen LogP contribution in [0.1, 0.15) is 79.6 Å². The summed E-state index contributed by atoms with van der Waals surface area (Å²) < 4.78 is 5.23. The molecule has 2 atom stereocenters. The van der Waals surface area contributed by atoms with E-state index in [-0.39, 0.29) is 5.92 Å². The molecular weight excluding hydrogens is 348 g/mol. The molecule has 1 aliphatic carbocycles. The fourth-order valence-corrected chi connectivity index (χ4v) is 3.40. The van der Waals surface area contributed by atoms with E-state index in [4.69, 9.17) is 4.74 Å². The van der Waals surface area contributed by atoms with Crippen molar-refractivity contribution in [2.75, 3.05) is 0 Å². The van der Waals surface area contributed by atoms with Gasteiger partial charge in [0.1, 0.15) is 17.7 Å². The van der Waals surface area contributed by atoms with Gasteiger partial charge in [0.2, 0.25) is 5.91 Å². The van der Waals surface area contributed by atoms with Crippen LogP contribution in [0.3, 0.4) is 0 Å². The number of rotatable bonds is 8. The number of carbonyl (C=O) groups is 3. The van der Waals surface area contributed by atoms with Crippen LogP contribution in [-0.4, -0.2) is 40.8 Å². The van der Waals surface area contributed by atoms with Gasteiger partial charge >= 0.3 is 12.1 Å². The number of nitrogens with one attached hydrogen (secondary N) is 2. The third kappa shape index (κ3) is 9.63. The molecule has 0 radical (unpaired) electrons. The van der Waals surface area contributed by atoms with E-state index in [1.54, 1.807) is 20.8 Å². The summed E-state index contributed by atoms with van der Waals surface area (Å²) >= 11 is 0. The maximum Gasteiger partial charge on any atom is 0.408 e. The molecule has 27 heavy (non-hydrogen) atoms. The minimum atomic E-state index is -1.03. The van der Waals surface area contributed by atoms with Gasteiger partial charge < -0.3 is 20.5 Å². The van der Waals surface area contributed by atoms with Crippen molar-refractivity contribution in [3.05, 3.63) is 0 Å². The number of hydrogen-bond acceptors (Lipinski definition) is 4. The molecule has 0 spiro atoms. The molecule has 0 bridgehead atoms. The van der Waals surface area contributed by atoms with E-state index in [1.165, 1.54) is 6.42 Å². The Hall–Kier alpha value is -1.79. The number of carboxylic acids is 1. The second-order valence-electron chi connectivity index (χ2n) is 8.97. The third-order valence-electron chi connectivity index (χ3n) is 4.62. The first-order valence-electron chi connectivity index (χ1n) is 10.0. The summed E-state index contributed by atoms with van der Waals surface area (Å²) in [7, 11) is 0. The SMILES string of the molecule is CC(C)C[C@H](NC(=O)OC(C)(C)C)C(=O)N[C@@H](CC1CCCCC1)C(=O)O. The summed E-state index contributed by atoms with van der Waals surface area (Å²) in [5.74, 6) is -1.04. The highest BCUT2D eigenvalue weighted by atomic mass is 16.6. The van der Waals surface area contributed by atoms with Gasteiger partial charge in [-0.3, -0.25) is 4.79 Å². The molecule has 0 heterocycles. The molecule has 1 rings (SSSR count). The lowest BCUT2D eigenvalue weighted by Crippen LogP contribution is -2.53. The molecular formula is C20H36N2O5. The maximum atomic E-state index is 12.7. The second kappa shape index (κ2) is 10.5. The van der Waals surface area contributed by atoms with E-state index in [1.807, 2.05) is 13.8 Å². The number of amides is 2. The van der Waals surface area contributed by atoms with Crippen molar-refractivity contribution >= 4 is 18.0 Å². The van der Waals surface area contributed by atoms with Crippen molar-refractivity contribution in [2.24, 2.45) is 11.8 Å². The Bertz CT molecular complexity index is 507. The molecule has 2 amide bonds. The standard InChI is InChI=1S/C20H36N2O5/c1-13(2)11-15(22-19(26)27-20(3,4)5)17(23)21-16(18(24)25)12-14-9-7-6-8-10-14/h13-16H,6-12H2,1-5H3,(H,21,23)(H,22,26)(H,24,25)/t15-,16-/m0/s1. The fraction of sp³-hybridized carbons (Fsp3) is 0.850. The van der Waals surface area contributed by atoms with Crippen LogP contribution >= 0.6 is 0 Å². The first kappa shape index (κ1) is 23.2. The molecule has 7 nitrogen and oxygen atoms in total. The maximum absolute atomic E-state index is 12.7. The van der Waals surface area contributed by atoms with Crippen molar-refractivity contribution in [3.63, 3.8) is 0 Å². The lowest BCUT2D eigenvalue weighted by molar-refractivity contribution is -0.142. The van der Waals surface area contributed by atoms with E-state index >= 15 is 0 Å². The lowest BCUT2D eigenvalue weighted by Gasteiger charge is -2.27. The van der Waals surface area contributed by atoms with Gasteiger partial charge in [-0.2, -0.15) is 0 Å². The van der Waals surface area contributed by atoms with Crippen LogP contribution in [0.5, 0.6) is 0 Å². The Kier molecular flexibility index (Phi) is 9.06. The highest BCUT2D eigenvalue weighted by molar-refractivity contribution is 5.89. The van der Waals surface area contributed by atoms with E-state index in [0.717, 1.165) is 25.7 Å². The van der Waals surface area contributed by atoms with Gasteiger partial charge in [-0.15, -0.1) is 0 Å². The van der Waals surface area contributed by atoms with Crippen LogP contribution < -0.4 is 10.6 Å². The zero-order valence-electron chi connectivity index (χ0n) is 17.3. The monoisotopic (exact) mass is 384 g/mol. The summed E-state index contributed by atoms with van der Waals surface area (Å²) in [5.41, 5.74) is -0.673. The van der Waals surface area contributed by atoms with Gasteiger partial charge in [0, 0.05) is 0 Å². The van der Waals surface area contributed by atoms with Crippen LogP contribution in [-0.2, 0) is 14.3 Å². The Balaban J connectivity index is 2.73. The summed E-state index contributed by atoms with van der Waals surface area (Å²) in [6, 6.07) is -1.76. The molecule has 3 N–H and O–H groups in total. The molecule has 0 unspecified atom stereocenters. The average molecular weight is 385 g/mol. The first-order chi connectivity index (χ1) is 12.5. The van der Waals surface area contributed by atoms with Crippen molar-refractivity contribution in [2.45, 2.75) is 97.2 Å². The lowest BCUT2D eigenvalue weighted by atomic mass is 9.84. The van der Waals surface area contributed by atoms with Crippen LogP contribution in [0, 0.1) is 11.8 Å². The topological polar surface area (TPSA) is 105 Å². The van der Waals surface area contributed by atoms with Gasteiger partial charge in [-0.05, 0) is 45.4 Å². The predicted octanol–water partition coefficient (Wildman–Crippen LogP) is 3.47. The fourth-order valence-electron chi connectivity index (χ4n) is 3.40. The molecule has 0 aromatic heterocycles. The largest absolute Gasteiger partial charge is 0.480 e. The molecule has 1 fully saturated rings. The van der Waals surface area contributed by atoms with E-state index in [9.17, 15) is 19.5 Å². The molecule has 0 aromatic rings. The van der Waals surface area contributed by atoms with Gasteiger partial charge in [-0.1, -0.05) is 46.0 Å². The van der Waals surface area contributed by atoms with E-state index in [0.29, 0.717) is 18.8 Å². The third-order valence-corrected chi connectivity index (χ3v) is 4.62. The molecule has 1 saturated carbocycles. The van der Waals surface area contributed by atoms with Crippen molar-refractivity contribution in [1.82, 2.24) is 10.6 Å². The van der Waals surface area contributed by atoms with Gasteiger partial charge in [0.15, 0.2) is 0 Å². The Morgan fingerprint density at radius 1 is 1.04 bits per heavy atom. The van der Waals surface area contributed by atoms with Gasteiger partial charge in [0.05, 0.1) is 0 Å². The molecule has 156 valence electrons. The highest BCUT2D eigenvalue weighted by Crippen LogP contribution is 2.27. The van der Waals surface area contributed by atoms with Gasteiger partial charge in [-0.25, -0.2) is 9.59 Å². The quantitative estimate of drug-likeness (QED) is 0.594. The number of alkyl carbamates (subject to hydrolysis) is 1. The summed E-state index contributed by atoms with van der Waals surface area (Å²) in [6.45, 7) is 9.11. The normalized spacial score (nSPS) is 17.9. The molecule has 0 aliphatic heterocycles. The van der Waals surface area contributed by atoms with Crippen LogP contribution in [0.4, 0.5) is 4.79 Å². The molecule has 0 aromatic carbocycles. The van der Waals surface area contributed by atoms with E-state index < -0.39 is 35.7 Å². The number of carbonyl (C=O) groups excluding carboxylic acids is 2.